The van der Waals surface area contributed by atoms with Gasteiger partial charge in [0, 0.05) is 43.7 Å². The normalized spacial score (nSPS) is 13.4. The molecule has 4 heterocycles. The molecule has 3 aromatic heterocycles. The van der Waals surface area contributed by atoms with Crippen molar-refractivity contribution in [3.05, 3.63) is 46.3 Å². The Bertz CT molecular complexity index is 1010. The first kappa shape index (κ1) is 15.8. The summed E-state index contributed by atoms with van der Waals surface area (Å²) in [5.74, 6) is 1.37. The van der Waals surface area contributed by atoms with Crippen LogP contribution in [-0.4, -0.2) is 29.4 Å². The number of aliphatic imine (C=N–C) groups is 1. The molecule has 0 radical (unpaired) electrons. The predicted molar refractivity (Wildman–Crippen MR) is 96.8 cm³/mol. The van der Waals surface area contributed by atoms with Crippen LogP contribution in [0.3, 0.4) is 0 Å². The van der Waals surface area contributed by atoms with Gasteiger partial charge in [0.25, 0.3) is 5.56 Å². The fourth-order valence-corrected chi connectivity index (χ4v) is 3.31. The Balaban J connectivity index is 1.75. The zero-order valence-corrected chi connectivity index (χ0v) is 14.6. The SMILES string of the molecule is CCCCn1cc(C2=Nc3c(c(=O)n(CCC)c4nccn34)C2)cn1. The largest absolute Gasteiger partial charge is 0.278 e. The summed E-state index contributed by atoms with van der Waals surface area (Å²) in [5, 5.41) is 4.42. The highest BCUT2D eigenvalue weighted by atomic mass is 16.1. The lowest BCUT2D eigenvalue weighted by Gasteiger charge is -2.09. The minimum atomic E-state index is 0.0210. The van der Waals surface area contributed by atoms with Crippen molar-refractivity contribution in [1.29, 1.82) is 0 Å². The third kappa shape index (κ3) is 2.59. The van der Waals surface area contributed by atoms with Crippen LogP contribution in [0.2, 0.25) is 0 Å². The van der Waals surface area contributed by atoms with Gasteiger partial charge in [0.15, 0.2) is 0 Å². The van der Waals surface area contributed by atoms with Gasteiger partial charge in [-0.05, 0) is 12.8 Å². The van der Waals surface area contributed by atoms with Crippen LogP contribution >= 0.6 is 0 Å². The zero-order chi connectivity index (χ0) is 17.4. The summed E-state index contributed by atoms with van der Waals surface area (Å²) in [6.07, 6.45) is 11.1. The van der Waals surface area contributed by atoms with Crippen LogP contribution in [0, 0.1) is 0 Å². The molecule has 25 heavy (non-hydrogen) atoms. The lowest BCUT2D eigenvalue weighted by Crippen LogP contribution is -2.26. The smallest absolute Gasteiger partial charge is 0.260 e. The second-order valence-electron chi connectivity index (χ2n) is 6.44. The van der Waals surface area contributed by atoms with Crippen molar-refractivity contribution in [2.45, 2.75) is 52.6 Å². The highest BCUT2D eigenvalue weighted by Gasteiger charge is 2.25. The van der Waals surface area contributed by atoms with Gasteiger partial charge in [0.2, 0.25) is 5.78 Å². The minimum absolute atomic E-state index is 0.0210. The van der Waals surface area contributed by atoms with Gasteiger partial charge in [-0.1, -0.05) is 20.3 Å². The van der Waals surface area contributed by atoms with Crippen molar-refractivity contribution < 1.29 is 0 Å². The van der Waals surface area contributed by atoms with E-state index < -0.39 is 0 Å². The number of rotatable bonds is 6. The lowest BCUT2D eigenvalue weighted by atomic mass is 10.1. The average molecular weight is 338 g/mol. The monoisotopic (exact) mass is 338 g/mol. The molecule has 0 atom stereocenters. The molecule has 0 amide bonds. The van der Waals surface area contributed by atoms with Gasteiger partial charge in [0.05, 0.1) is 17.5 Å². The van der Waals surface area contributed by atoms with E-state index >= 15 is 0 Å². The van der Waals surface area contributed by atoms with Crippen molar-refractivity contribution in [2.75, 3.05) is 0 Å². The maximum absolute atomic E-state index is 12.9. The molecule has 0 aromatic carbocycles. The average Bonchev–Trinajstić information content (AvgIpc) is 3.34. The van der Waals surface area contributed by atoms with Crippen LogP contribution in [0.5, 0.6) is 0 Å². The first-order valence-electron chi connectivity index (χ1n) is 8.92. The second kappa shape index (κ2) is 6.31. The van der Waals surface area contributed by atoms with Gasteiger partial charge < -0.3 is 0 Å². The first-order valence-corrected chi connectivity index (χ1v) is 8.92. The molecule has 1 aliphatic rings. The van der Waals surface area contributed by atoms with Crippen LogP contribution in [0.25, 0.3) is 5.78 Å². The zero-order valence-electron chi connectivity index (χ0n) is 14.6. The molecule has 1 aliphatic heterocycles. The molecule has 0 bridgehead atoms. The third-order valence-electron chi connectivity index (χ3n) is 4.60. The van der Waals surface area contributed by atoms with Crippen molar-refractivity contribution in [3.63, 3.8) is 0 Å². The Hall–Kier alpha value is -2.70. The van der Waals surface area contributed by atoms with Crippen molar-refractivity contribution >= 4 is 17.3 Å². The van der Waals surface area contributed by atoms with Crippen LogP contribution in [0.15, 0.2) is 34.6 Å². The van der Waals surface area contributed by atoms with Gasteiger partial charge in [-0.25, -0.2) is 9.98 Å². The number of nitrogens with zero attached hydrogens (tertiary/aromatic N) is 6. The number of hydrogen-bond acceptors (Lipinski definition) is 4. The number of aryl methyl sites for hydroxylation is 2. The third-order valence-corrected chi connectivity index (χ3v) is 4.60. The standard InChI is InChI=1S/C18H22N6O/c1-3-5-8-22-12-13(11-20-22)15-10-14-16(21-15)23-9-6-19-18(23)24(7-4-2)17(14)25/h6,9,11-12H,3-5,7-8,10H2,1-2H3. The molecule has 0 aliphatic carbocycles. The van der Waals surface area contributed by atoms with E-state index in [1.54, 1.807) is 10.8 Å². The topological polar surface area (TPSA) is 69.5 Å². The van der Waals surface area contributed by atoms with E-state index in [0.717, 1.165) is 42.6 Å². The number of unbranched alkanes of at least 4 members (excludes halogenated alkanes) is 1. The van der Waals surface area contributed by atoms with Gasteiger partial charge in [0.1, 0.15) is 5.82 Å². The number of aromatic nitrogens is 5. The summed E-state index contributed by atoms with van der Waals surface area (Å²) >= 11 is 0. The summed E-state index contributed by atoms with van der Waals surface area (Å²) in [4.78, 5) is 22.0. The van der Waals surface area contributed by atoms with E-state index in [1.807, 2.05) is 27.7 Å². The number of fused-ring (bicyclic) bond motifs is 3. The van der Waals surface area contributed by atoms with E-state index in [-0.39, 0.29) is 5.56 Å². The van der Waals surface area contributed by atoms with E-state index in [0.29, 0.717) is 24.6 Å². The predicted octanol–water partition coefficient (Wildman–Crippen LogP) is 2.58. The quantitative estimate of drug-likeness (QED) is 0.693. The number of hydrogen-bond donors (Lipinski definition) is 0. The molecule has 0 unspecified atom stereocenters. The first-order chi connectivity index (χ1) is 12.2. The molecule has 0 fully saturated rings. The van der Waals surface area contributed by atoms with Crippen LogP contribution in [0.4, 0.5) is 5.82 Å². The lowest BCUT2D eigenvalue weighted by molar-refractivity contribution is 0.572. The summed E-state index contributed by atoms with van der Waals surface area (Å²) in [6.45, 7) is 5.80. The summed E-state index contributed by atoms with van der Waals surface area (Å²) < 4.78 is 5.62. The molecule has 4 rings (SSSR count). The van der Waals surface area contributed by atoms with E-state index in [9.17, 15) is 4.79 Å². The Morgan fingerprint density at radius 3 is 2.88 bits per heavy atom. The van der Waals surface area contributed by atoms with Gasteiger partial charge in [-0.2, -0.15) is 5.10 Å². The van der Waals surface area contributed by atoms with Crippen molar-refractivity contribution in [1.82, 2.24) is 23.7 Å². The van der Waals surface area contributed by atoms with Crippen LogP contribution in [-0.2, 0) is 19.5 Å². The van der Waals surface area contributed by atoms with E-state index in [2.05, 4.69) is 23.9 Å². The fourth-order valence-electron chi connectivity index (χ4n) is 3.31. The highest BCUT2D eigenvalue weighted by molar-refractivity contribution is 6.05. The maximum atomic E-state index is 12.9. The van der Waals surface area contributed by atoms with E-state index in [1.165, 1.54) is 0 Å². The minimum Gasteiger partial charge on any atom is -0.278 e. The highest BCUT2D eigenvalue weighted by Crippen LogP contribution is 2.27. The van der Waals surface area contributed by atoms with Crippen LogP contribution < -0.4 is 5.56 Å². The summed E-state index contributed by atoms with van der Waals surface area (Å²) in [7, 11) is 0. The molecule has 3 aromatic rings. The summed E-state index contributed by atoms with van der Waals surface area (Å²) in [5.41, 5.74) is 2.66. The van der Waals surface area contributed by atoms with E-state index in [4.69, 9.17) is 4.99 Å². The molecule has 7 heteroatoms. The molecule has 0 saturated carbocycles. The number of imidazole rings is 1. The van der Waals surface area contributed by atoms with Gasteiger partial charge in [-0.3, -0.25) is 18.4 Å². The Morgan fingerprint density at radius 2 is 2.08 bits per heavy atom. The van der Waals surface area contributed by atoms with Gasteiger partial charge >= 0.3 is 0 Å². The fraction of sp³-hybridized carbons (Fsp3) is 0.444. The molecule has 7 nitrogen and oxygen atoms in total. The van der Waals surface area contributed by atoms with Crippen LogP contribution in [0.1, 0.15) is 44.2 Å². The maximum Gasteiger partial charge on any atom is 0.260 e. The molecule has 0 spiro atoms. The molecular weight excluding hydrogens is 316 g/mol. The van der Waals surface area contributed by atoms with Crippen molar-refractivity contribution in [3.8, 4) is 0 Å². The Kier molecular flexibility index (Phi) is 3.99. The molecular formula is C18H22N6O. The second-order valence-corrected chi connectivity index (χ2v) is 6.44. The van der Waals surface area contributed by atoms with Crippen molar-refractivity contribution in [2.24, 2.45) is 4.99 Å². The summed E-state index contributed by atoms with van der Waals surface area (Å²) in [6, 6.07) is 0. The molecule has 0 N–H and O–H groups in total. The Morgan fingerprint density at radius 1 is 1.20 bits per heavy atom. The molecule has 130 valence electrons. The Labute approximate surface area is 145 Å². The molecule has 0 saturated heterocycles. The van der Waals surface area contributed by atoms with Gasteiger partial charge in [-0.15, -0.1) is 0 Å².